The molecule has 4 heteroatoms. The second-order valence-corrected chi connectivity index (χ2v) is 5.79. The number of benzene rings is 1. The topological polar surface area (TPSA) is 21.3 Å². The van der Waals surface area contributed by atoms with E-state index < -0.39 is 6.61 Å². The fourth-order valence-corrected chi connectivity index (χ4v) is 2.95. The second kappa shape index (κ2) is 7.58. The summed E-state index contributed by atoms with van der Waals surface area (Å²) >= 11 is 0. The molecule has 112 valence electrons. The van der Waals surface area contributed by atoms with Crippen LogP contribution >= 0.6 is 0 Å². The Bertz CT molecular complexity index is 394. The summed E-state index contributed by atoms with van der Waals surface area (Å²) < 4.78 is 28.4. The van der Waals surface area contributed by atoms with Crippen molar-refractivity contribution in [1.82, 2.24) is 5.32 Å². The Morgan fingerprint density at radius 2 is 2.00 bits per heavy atom. The molecule has 2 atom stereocenters. The van der Waals surface area contributed by atoms with Gasteiger partial charge in [-0.1, -0.05) is 31.9 Å². The fraction of sp³-hybridized carbons (Fsp3) is 0.625. The number of halogens is 2. The minimum atomic E-state index is -2.76. The summed E-state index contributed by atoms with van der Waals surface area (Å²) in [5.74, 6) is 1.84. The van der Waals surface area contributed by atoms with Crippen molar-refractivity contribution >= 4 is 0 Å². The van der Waals surface area contributed by atoms with Gasteiger partial charge in [0.05, 0.1) is 0 Å². The molecule has 1 aliphatic carbocycles. The van der Waals surface area contributed by atoms with Gasteiger partial charge < -0.3 is 10.1 Å². The van der Waals surface area contributed by atoms with Crippen molar-refractivity contribution in [2.45, 2.75) is 45.8 Å². The third kappa shape index (κ3) is 5.08. The number of rotatable bonds is 6. The first-order valence-corrected chi connectivity index (χ1v) is 7.38. The van der Waals surface area contributed by atoms with Crippen molar-refractivity contribution in [3.63, 3.8) is 0 Å². The van der Waals surface area contributed by atoms with Crippen molar-refractivity contribution in [3.05, 3.63) is 29.8 Å². The predicted molar refractivity (Wildman–Crippen MR) is 75.9 cm³/mol. The van der Waals surface area contributed by atoms with Crippen LogP contribution in [0.1, 0.15) is 38.2 Å². The van der Waals surface area contributed by atoms with Crippen LogP contribution in [0.4, 0.5) is 8.78 Å². The first-order chi connectivity index (χ1) is 9.63. The molecule has 1 saturated carbocycles. The van der Waals surface area contributed by atoms with Gasteiger partial charge in [0, 0.05) is 6.54 Å². The number of hydrogen-bond acceptors (Lipinski definition) is 2. The summed E-state index contributed by atoms with van der Waals surface area (Å²) in [5, 5.41) is 3.46. The molecule has 2 unspecified atom stereocenters. The van der Waals surface area contributed by atoms with E-state index in [0.29, 0.717) is 0 Å². The van der Waals surface area contributed by atoms with Crippen molar-refractivity contribution in [3.8, 4) is 5.75 Å². The van der Waals surface area contributed by atoms with Gasteiger partial charge in [-0.2, -0.15) is 8.78 Å². The van der Waals surface area contributed by atoms with E-state index in [4.69, 9.17) is 0 Å². The maximum atomic E-state index is 12.0. The molecule has 0 aliphatic heterocycles. The molecule has 1 N–H and O–H groups in total. The summed E-state index contributed by atoms with van der Waals surface area (Å²) in [6, 6.07) is 6.83. The molecule has 1 fully saturated rings. The lowest BCUT2D eigenvalue weighted by Crippen LogP contribution is -2.26. The van der Waals surface area contributed by atoms with E-state index in [2.05, 4.69) is 17.0 Å². The van der Waals surface area contributed by atoms with Crippen LogP contribution in [-0.4, -0.2) is 13.2 Å². The number of alkyl halides is 2. The third-order valence-electron chi connectivity index (χ3n) is 3.96. The van der Waals surface area contributed by atoms with Crippen molar-refractivity contribution in [1.29, 1.82) is 0 Å². The highest BCUT2D eigenvalue weighted by atomic mass is 19.3. The minimum Gasteiger partial charge on any atom is -0.435 e. The summed E-state index contributed by atoms with van der Waals surface area (Å²) in [6.45, 7) is 1.39. The van der Waals surface area contributed by atoms with E-state index in [1.165, 1.54) is 25.7 Å². The molecule has 0 spiro atoms. The van der Waals surface area contributed by atoms with Gasteiger partial charge in [0.2, 0.25) is 0 Å². The average Bonchev–Trinajstić information content (AvgIpc) is 2.40. The number of hydrogen-bond donors (Lipinski definition) is 1. The van der Waals surface area contributed by atoms with Gasteiger partial charge in [-0.25, -0.2) is 0 Å². The summed E-state index contributed by atoms with van der Waals surface area (Å²) in [6.07, 6.45) is 5.34. The zero-order valence-electron chi connectivity index (χ0n) is 11.9. The Kier molecular flexibility index (Phi) is 5.77. The van der Waals surface area contributed by atoms with Gasteiger partial charge in [-0.15, -0.1) is 0 Å². The molecule has 1 aromatic rings. The zero-order chi connectivity index (χ0) is 14.4. The van der Waals surface area contributed by atoms with Crippen molar-refractivity contribution in [2.75, 3.05) is 6.54 Å². The van der Waals surface area contributed by atoms with Crippen LogP contribution in [0.5, 0.6) is 5.75 Å². The van der Waals surface area contributed by atoms with E-state index in [0.717, 1.165) is 30.5 Å². The number of ether oxygens (including phenoxy) is 1. The third-order valence-corrected chi connectivity index (χ3v) is 3.96. The SMILES string of the molecule is CC1CCCC(CNCc2ccc(OC(F)F)cc2)C1. The highest BCUT2D eigenvalue weighted by Gasteiger charge is 2.18. The smallest absolute Gasteiger partial charge is 0.387 e. The normalized spacial score (nSPS) is 23.0. The molecule has 20 heavy (non-hydrogen) atoms. The Morgan fingerprint density at radius 1 is 1.25 bits per heavy atom. The molecule has 0 aromatic heterocycles. The second-order valence-electron chi connectivity index (χ2n) is 5.79. The first-order valence-electron chi connectivity index (χ1n) is 7.38. The molecule has 0 heterocycles. The Morgan fingerprint density at radius 3 is 2.65 bits per heavy atom. The van der Waals surface area contributed by atoms with E-state index >= 15 is 0 Å². The monoisotopic (exact) mass is 283 g/mol. The average molecular weight is 283 g/mol. The molecule has 1 aliphatic rings. The van der Waals surface area contributed by atoms with E-state index in [-0.39, 0.29) is 5.75 Å². The van der Waals surface area contributed by atoms with Crippen LogP contribution < -0.4 is 10.1 Å². The summed E-state index contributed by atoms with van der Waals surface area (Å²) in [5.41, 5.74) is 1.09. The van der Waals surface area contributed by atoms with Crippen LogP contribution in [0, 0.1) is 11.8 Å². The van der Waals surface area contributed by atoms with Crippen molar-refractivity contribution < 1.29 is 13.5 Å². The van der Waals surface area contributed by atoms with Crippen LogP contribution in [0.15, 0.2) is 24.3 Å². The largest absolute Gasteiger partial charge is 0.435 e. The highest BCUT2D eigenvalue weighted by Crippen LogP contribution is 2.28. The summed E-state index contributed by atoms with van der Waals surface area (Å²) in [7, 11) is 0. The fourth-order valence-electron chi connectivity index (χ4n) is 2.95. The van der Waals surface area contributed by atoms with Gasteiger partial charge >= 0.3 is 6.61 Å². The minimum absolute atomic E-state index is 0.213. The summed E-state index contributed by atoms with van der Waals surface area (Å²) in [4.78, 5) is 0. The molecular weight excluding hydrogens is 260 g/mol. The van der Waals surface area contributed by atoms with Gasteiger partial charge in [0.1, 0.15) is 5.75 Å². The van der Waals surface area contributed by atoms with Crippen LogP contribution in [-0.2, 0) is 6.54 Å². The Balaban J connectivity index is 1.71. The lowest BCUT2D eigenvalue weighted by molar-refractivity contribution is -0.0498. The van der Waals surface area contributed by atoms with Gasteiger partial charge in [-0.3, -0.25) is 0 Å². The van der Waals surface area contributed by atoms with E-state index in [1.807, 2.05) is 12.1 Å². The first kappa shape index (κ1) is 15.2. The van der Waals surface area contributed by atoms with E-state index in [9.17, 15) is 8.78 Å². The maximum absolute atomic E-state index is 12.0. The molecule has 0 saturated heterocycles. The zero-order valence-corrected chi connectivity index (χ0v) is 11.9. The lowest BCUT2D eigenvalue weighted by Gasteiger charge is -2.26. The van der Waals surface area contributed by atoms with Gasteiger partial charge in [-0.05, 0) is 48.9 Å². The molecule has 1 aromatic carbocycles. The van der Waals surface area contributed by atoms with E-state index in [1.54, 1.807) is 12.1 Å². The number of nitrogens with one attached hydrogen (secondary N) is 1. The van der Waals surface area contributed by atoms with Crippen LogP contribution in [0.25, 0.3) is 0 Å². The molecule has 2 rings (SSSR count). The maximum Gasteiger partial charge on any atom is 0.387 e. The van der Waals surface area contributed by atoms with Crippen LogP contribution in [0.2, 0.25) is 0 Å². The van der Waals surface area contributed by atoms with Gasteiger partial charge in [0.15, 0.2) is 0 Å². The molecule has 0 amide bonds. The quantitative estimate of drug-likeness (QED) is 0.844. The molecule has 0 bridgehead atoms. The molecule has 2 nitrogen and oxygen atoms in total. The Labute approximate surface area is 119 Å². The van der Waals surface area contributed by atoms with Gasteiger partial charge in [0.25, 0.3) is 0 Å². The van der Waals surface area contributed by atoms with Crippen molar-refractivity contribution in [2.24, 2.45) is 11.8 Å². The highest BCUT2D eigenvalue weighted by molar-refractivity contribution is 5.27. The predicted octanol–water partition coefficient (Wildman–Crippen LogP) is 4.20. The standard InChI is InChI=1S/C16H23F2NO/c1-12-3-2-4-14(9-12)11-19-10-13-5-7-15(8-6-13)20-16(17)18/h5-8,12,14,16,19H,2-4,9-11H2,1H3. The lowest BCUT2D eigenvalue weighted by atomic mass is 9.82. The molecule has 0 radical (unpaired) electrons. The van der Waals surface area contributed by atoms with Crippen LogP contribution in [0.3, 0.4) is 0 Å². The molecular formula is C16H23F2NO. The Hall–Kier alpha value is -1.16.